The Morgan fingerprint density at radius 3 is 2.35 bits per heavy atom. The van der Waals surface area contributed by atoms with Crippen LogP contribution in [0.1, 0.15) is 24.4 Å². The fraction of sp³-hybridized carbons (Fsp3) is 0.320. The van der Waals surface area contributed by atoms with Gasteiger partial charge in [-0.05, 0) is 29.9 Å². The summed E-state index contributed by atoms with van der Waals surface area (Å²) in [5.74, 6) is -1.30. The summed E-state index contributed by atoms with van der Waals surface area (Å²) in [7, 11) is 1.40. The van der Waals surface area contributed by atoms with Crippen molar-refractivity contribution in [3.8, 4) is 5.75 Å². The summed E-state index contributed by atoms with van der Waals surface area (Å²) >= 11 is 0. The number of methoxy groups -OCH3 is 1. The molecule has 1 N–H and O–H groups in total. The van der Waals surface area contributed by atoms with Gasteiger partial charge < -0.3 is 10.1 Å². The van der Waals surface area contributed by atoms with Crippen molar-refractivity contribution >= 4 is 29.1 Å². The number of allylic oxidation sites excluding steroid dienone is 2. The van der Waals surface area contributed by atoms with Crippen molar-refractivity contribution < 1.29 is 24.0 Å². The fourth-order valence-corrected chi connectivity index (χ4v) is 5.55. The Kier molecular flexibility index (Phi) is 5.39. The summed E-state index contributed by atoms with van der Waals surface area (Å²) in [4.78, 5) is 51.8. The summed E-state index contributed by atoms with van der Waals surface area (Å²) in [6, 6.07) is 12.1. The Bertz CT molecular complexity index is 1180. The normalized spacial score (nSPS) is 25.4. The molecular weight excluding hydrogens is 438 g/mol. The zero-order valence-electron chi connectivity index (χ0n) is 18.4. The number of rotatable bonds is 7. The second kappa shape index (κ2) is 8.40. The number of nitrogens with one attached hydrogen (secondary N) is 1. The lowest BCUT2D eigenvalue weighted by Crippen LogP contribution is -2.38. The van der Waals surface area contributed by atoms with Gasteiger partial charge in [0.15, 0.2) is 0 Å². The first-order chi connectivity index (χ1) is 16.4. The third-order valence-corrected chi connectivity index (χ3v) is 7.05. The van der Waals surface area contributed by atoms with Gasteiger partial charge in [-0.15, -0.1) is 0 Å². The summed E-state index contributed by atoms with van der Waals surface area (Å²) in [5.41, 5.74) is 0.619. The molecule has 3 amide bonds. The van der Waals surface area contributed by atoms with Crippen LogP contribution < -0.4 is 10.1 Å². The maximum absolute atomic E-state index is 13.4. The SMILES string of the molecule is COc1ccc([N+](=O)[O-])cc1NC(=O)CC(c1ccccc1)N1C(=O)C2C3C=CC(C3)C2C1=O. The molecule has 0 spiro atoms. The Morgan fingerprint density at radius 1 is 1.12 bits per heavy atom. The van der Waals surface area contributed by atoms with Crippen LogP contribution >= 0.6 is 0 Å². The number of carbonyl (C=O) groups excluding carboxylic acids is 3. The van der Waals surface area contributed by atoms with Gasteiger partial charge in [-0.1, -0.05) is 42.5 Å². The smallest absolute Gasteiger partial charge is 0.271 e. The Hall–Kier alpha value is -4.01. The predicted octanol–water partition coefficient (Wildman–Crippen LogP) is 3.48. The van der Waals surface area contributed by atoms with Crippen LogP contribution in [0.25, 0.3) is 0 Å². The number of amides is 3. The second-order valence-electron chi connectivity index (χ2n) is 8.87. The third kappa shape index (κ3) is 3.53. The molecule has 2 bridgehead atoms. The Labute approximate surface area is 195 Å². The molecule has 2 fully saturated rings. The number of ether oxygens (including phenoxy) is 1. The third-order valence-electron chi connectivity index (χ3n) is 7.05. The lowest BCUT2D eigenvalue weighted by atomic mass is 9.85. The van der Waals surface area contributed by atoms with Crippen LogP contribution in [0.5, 0.6) is 5.75 Å². The number of anilines is 1. The minimum atomic E-state index is -0.782. The van der Waals surface area contributed by atoms with E-state index in [1.54, 1.807) is 24.3 Å². The number of fused-ring (bicyclic) bond motifs is 5. The zero-order valence-corrected chi connectivity index (χ0v) is 18.4. The molecule has 3 aliphatic rings. The molecule has 1 saturated heterocycles. The molecule has 5 unspecified atom stereocenters. The molecule has 0 aromatic heterocycles. The highest BCUT2D eigenvalue weighted by Gasteiger charge is 2.60. The van der Waals surface area contributed by atoms with Crippen molar-refractivity contribution in [1.82, 2.24) is 4.90 Å². The first-order valence-corrected chi connectivity index (χ1v) is 11.1. The number of non-ortho nitro benzene ring substituents is 1. The van der Waals surface area contributed by atoms with Crippen LogP contribution in [0.15, 0.2) is 60.7 Å². The molecule has 5 atom stereocenters. The number of benzene rings is 2. The highest BCUT2D eigenvalue weighted by Crippen LogP contribution is 2.54. The van der Waals surface area contributed by atoms with Gasteiger partial charge >= 0.3 is 0 Å². The monoisotopic (exact) mass is 461 g/mol. The van der Waals surface area contributed by atoms with Gasteiger partial charge in [0.1, 0.15) is 5.75 Å². The number of carbonyl (C=O) groups is 3. The summed E-state index contributed by atoms with van der Waals surface area (Å²) in [5, 5.41) is 13.8. The van der Waals surface area contributed by atoms with Crippen LogP contribution in [0, 0.1) is 33.8 Å². The van der Waals surface area contributed by atoms with Gasteiger partial charge in [0.25, 0.3) is 5.69 Å². The topological polar surface area (TPSA) is 119 Å². The van der Waals surface area contributed by atoms with Crippen molar-refractivity contribution in [2.45, 2.75) is 18.9 Å². The van der Waals surface area contributed by atoms with E-state index in [-0.39, 0.29) is 59.0 Å². The number of nitrogens with zero attached hydrogens (tertiary/aromatic N) is 2. The lowest BCUT2D eigenvalue weighted by Gasteiger charge is -2.28. The van der Waals surface area contributed by atoms with Crippen molar-refractivity contribution in [3.05, 3.63) is 76.4 Å². The Morgan fingerprint density at radius 2 is 1.76 bits per heavy atom. The van der Waals surface area contributed by atoms with Crippen LogP contribution in [0.3, 0.4) is 0 Å². The second-order valence-corrected chi connectivity index (χ2v) is 8.87. The van der Waals surface area contributed by atoms with Gasteiger partial charge in [0.05, 0.1) is 42.0 Å². The predicted molar refractivity (Wildman–Crippen MR) is 122 cm³/mol. The molecule has 2 aromatic rings. The number of likely N-dealkylation sites (tertiary alicyclic amines) is 1. The van der Waals surface area contributed by atoms with E-state index >= 15 is 0 Å². The maximum atomic E-state index is 13.4. The minimum absolute atomic E-state index is 0.0656. The minimum Gasteiger partial charge on any atom is -0.495 e. The van der Waals surface area contributed by atoms with Crippen molar-refractivity contribution in [2.75, 3.05) is 12.4 Å². The van der Waals surface area contributed by atoms with E-state index in [0.717, 1.165) is 6.42 Å². The molecule has 1 heterocycles. The summed E-state index contributed by atoms with van der Waals surface area (Å²) in [6.45, 7) is 0. The molecule has 5 rings (SSSR count). The molecule has 0 radical (unpaired) electrons. The van der Waals surface area contributed by atoms with Gasteiger partial charge in [-0.2, -0.15) is 0 Å². The molecule has 9 nitrogen and oxygen atoms in total. The standard InChI is InChI=1S/C25H23N3O6/c1-34-20-10-9-17(28(32)33)12-18(20)26-21(29)13-19(14-5-3-2-4-6-14)27-24(30)22-15-7-8-16(11-15)23(22)25(27)31/h2-10,12,15-16,19,22-23H,11,13H2,1H3,(H,26,29). The fourth-order valence-electron chi connectivity index (χ4n) is 5.55. The van der Waals surface area contributed by atoms with Crippen molar-refractivity contribution in [3.63, 3.8) is 0 Å². The van der Waals surface area contributed by atoms with E-state index < -0.39 is 16.9 Å². The molecular formula is C25H23N3O6. The molecule has 1 aliphatic heterocycles. The largest absolute Gasteiger partial charge is 0.495 e. The number of imide groups is 1. The number of hydrogen-bond acceptors (Lipinski definition) is 6. The average molecular weight is 461 g/mol. The maximum Gasteiger partial charge on any atom is 0.271 e. The number of hydrogen-bond donors (Lipinski definition) is 1. The summed E-state index contributed by atoms with van der Waals surface area (Å²) in [6.07, 6.45) is 4.69. The average Bonchev–Trinajstić information content (AvgIpc) is 3.52. The van der Waals surface area contributed by atoms with E-state index in [2.05, 4.69) is 5.32 Å². The number of nitro benzene ring substituents is 1. The van der Waals surface area contributed by atoms with Crippen molar-refractivity contribution in [1.29, 1.82) is 0 Å². The van der Waals surface area contributed by atoms with E-state index in [4.69, 9.17) is 4.74 Å². The van der Waals surface area contributed by atoms with E-state index in [1.165, 1.54) is 30.2 Å². The first-order valence-electron chi connectivity index (χ1n) is 11.1. The molecule has 2 aliphatic carbocycles. The molecule has 2 aromatic carbocycles. The van der Waals surface area contributed by atoms with E-state index in [0.29, 0.717) is 5.56 Å². The van der Waals surface area contributed by atoms with Gasteiger partial charge in [-0.25, -0.2) is 0 Å². The van der Waals surface area contributed by atoms with Crippen LogP contribution in [-0.2, 0) is 14.4 Å². The zero-order chi connectivity index (χ0) is 24.0. The highest BCUT2D eigenvalue weighted by atomic mass is 16.6. The van der Waals surface area contributed by atoms with E-state index in [1.807, 2.05) is 18.2 Å². The summed E-state index contributed by atoms with van der Waals surface area (Å²) < 4.78 is 5.22. The van der Waals surface area contributed by atoms with Crippen LogP contribution in [0.4, 0.5) is 11.4 Å². The van der Waals surface area contributed by atoms with E-state index in [9.17, 15) is 24.5 Å². The quantitative estimate of drug-likeness (QED) is 0.292. The molecule has 9 heteroatoms. The van der Waals surface area contributed by atoms with Gasteiger partial charge in [0, 0.05) is 12.1 Å². The van der Waals surface area contributed by atoms with Crippen molar-refractivity contribution in [2.24, 2.45) is 23.7 Å². The van der Waals surface area contributed by atoms with Crippen LogP contribution in [-0.4, -0.2) is 34.7 Å². The number of nitro groups is 1. The highest BCUT2D eigenvalue weighted by molar-refractivity contribution is 6.07. The molecule has 34 heavy (non-hydrogen) atoms. The molecule has 174 valence electrons. The van der Waals surface area contributed by atoms with Gasteiger partial charge in [-0.3, -0.25) is 29.4 Å². The Balaban J connectivity index is 1.43. The first kappa shape index (κ1) is 21.8. The molecule has 1 saturated carbocycles. The lowest BCUT2D eigenvalue weighted by molar-refractivity contribution is -0.384. The van der Waals surface area contributed by atoms with Gasteiger partial charge in [0.2, 0.25) is 17.7 Å². The van der Waals surface area contributed by atoms with Crippen LogP contribution in [0.2, 0.25) is 0 Å².